The van der Waals surface area contributed by atoms with Crippen molar-refractivity contribution in [3.05, 3.63) is 12.4 Å². The first-order chi connectivity index (χ1) is 10.1. The lowest BCUT2D eigenvalue weighted by Crippen LogP contribution is -2.33. The Labute approximate surface area is 134 Å². The third-order valence-electron chi connectivity index (χ3n) is 3.07. The monoisotopic (exact) mass is 350 g/mol. The summed E-state index contributed by atoms with van der Waals surface area (Å²) in [5.74, 6) is 3.26. The van der Waals surface area contributed by atoms with Crippen LogP contribution in [0.5, 0.6) is 0 Å². The quantitative estimate of drug-likeness (QED) is 0.670. The SMILES string of the molecule is CCNCCn1cc(S(=O)(=O)NCC2CSCCS2)cn1. The average molecular weight is 351 g/mol. The topological polar surface area (TPSA) is 76.0 Å². The molecule has 9 heteroatoms. The zero-order valence-corrected chi connectivity index (χ0v) is 14.6. The molecule has 1 unspecified atom stereocenters. The summed E-state index contributed by atoms with van der Waals surface area (Å²) in [7, 11) is -3.45. The van der Waals surface area contributed by atoms with Gasteiger partial charge < -0.3 is 5.32 Å². The van der Waals surface area contributed by atoms with E-state index in [1.54, 1.807) is 10.9 Å². The van der Waals surface area contributed by atoms with Crippen LogP contribution in [0.4, 0.5) is 0 Å². The number of likely N-dealkylation sites (N-methyl/N-ethyl adjacent to an activating group) is 1. The molecule has 0 aromatic carbocycles. The summed E-state index contributed by atoms with van der Waals surface area (Å²) in [5, 5.41) is 7.64. The molecule has 6 nitrogen and oxygen atoms in total. The Balaban J connectivity index is 1.86. The highest BCUT2D eigenvalue weighted by molar-refractivity contribution is 8.06. The van der Waals surface area contributed by atoms with Crippen LogP contribution >= 0.6 is 23.5 Å². The summed E-state index contributed by atoms with van der Waals surface area (Å²) in [6.07, 6.45) is 3.00. The van der Waals surface area contributed by atoms with Gasteiger partial charge in [0.25, 0.3) is 0 Å². The molecule has 21 heavy (non-hydrogen) atoms. The van der Waals surface area contributed by atoms with Gasteiger partial charge in [-0.3, -0.25) is 4.68 Å². The molecule has 120 valence electrons. The van der Waals surface area contributed by atoms with Gasteiger partial charge in [-0.2, -0.15) is 28.6 Å². The second-order valence-corrected chi connectivity index (χ2v) is 9.04. The lowest BCUT2D eigenvalue weighted by atomic mass is 10.5. The molecule has 1 aliphatic heterocycles. The molecule has 1 aromatic heterocycles. The molecule has 1 aliphatic rings. The molecule has 0 amide bonds. The van der Waals surface area contributed by atoms with Crippen molar-refractivity contribution in [1.82, 2.24) is 19.8 Å². The Bertz CT molecular complexity index is 526. The van der Waals surface area contributed by atoms with Crippen LogP contribution in [0.1, 0.15) is 6.92 Å². The van der Waals surface area contributed by atoms with Crippen molar-refractivity contribution in [3.8, 4) is 0 Å². The smallest absolute Gasteiger partial charge is 0.243 e. The molecule has 2 rings (SSSR count). The minimum atomic E-state index is -3.45. The van der Waals surface area contributed by atoms with E-state index >= 15 is 0 Å². The molecule has 1 saturated heterocycles. The molecular formula is C12H22N4O2S3. The van der Waals surface area contributed by atoms with Crippen molar-refractivity contribution < 1.29 is 8.42 Å². The van der Waals surface area contributed by atoms with Crippen molar-refractivity contribution in [2.75, 3.05) is 36.9 Å². The second kappa shape index (κ2) is 8.42. The molecule has 0 spiro atoms. The molecule has 1 aromatic rings. The summed E-state index contributed by atoms with van der Waals surface area (Å²) >= 11 is 3.73. The van der Waals surface area contributed by atoms with Gasteiger partial charge in [0, 0.05) is 41.8 Å². The fourth-order valence-corrected chi connectivity index (χ4v) is 5.67. The van der Waals surface area contributed by atoms with Crippen molar-refractivity contribution in [3.63, 3.8) is 0 Å². The highest BCUT2D eigenvalue weighted by atomic mass is 32.2. The van der Waals surface area contributed by atoms with Gasteiger partial charge in [-0.15, -0.1) is 0 Å². The first-order valence-electron chi connectivity index (χ1n) is 7.04. The normalized spacial score (nSPS) is 19.8. The Morgan fingerprint density at radius 1 is 1.48 bits per heavy atom. The minimum Gasteiger partial charge on any atom is -0.315 e. The number of hydrogen-bond acceptors (Lipinski definition) is 6. The lowest BCUT2D eigenvalue weighted by molar-refractivity contribution is 0.563. The van der Waals surface area contributed by atoms with E-state index in [1.807, 2.05) is 30.4 Å². The van der Waals surface area contributed by atoms with Crippen molar-refractivity contribution in [2.24, 2.45) is 0 Å². The van der Waals surface area contributed by atoms with E-state index in [4.69, 9.17) is 0 Å². The van der Waals surface area contributed by atoms with E-state index in [0.29, 0.717) is 18.3 Å². The first-order valence-corrected chi connectivity index (χ1v) is 10.7. The van der Waals surface area contributed by atoms with E-state index in [2.05, 4.69) is 15.1 Å². The number of rotatable bonds is 8. The van der Waals surface area contributed by atoms with Crippen LogP contribution in [0.15, 0.2) is 17.3 Å². The zero-order valence-electron chi connectivity index (χ0n) is 12.1. The second-order valence-electron chi connectivity index (χ2n) is 4.71. The molecule has 2 heterocycles. The van der Waals surface area contributed by atoms with Crippen LogP contribution in [-0.4, -0.2) is 60.3 Å². The maximum atomic E-state index is 12.2. The molecule has 0 aliphatic carbocycles. The predicted octanol–water partition coefficient (Wildman–Crippen LogP) is 0.620. The largest absolute Gasteiger partial charge is 0.315 e. The van der Waals surface area contributed by atoms with Gasteiger partial charge in [0.15, 0.2) is 0 Å². The van der Waals surface area contributed by atoms with Crippen molar-refractivity contribution in [1.29, 1.82) is 0 Å². The molecule has 0 saturated carbocycles. The minimum absolute atomic E-state index is 0.243. The van der Waals surface area contributed by atoms with Gasteiger partial charge in [0.1, 0.15) is 4.90 Å². The summed E-state index contributed by atoms with van der Waals surface area (Å²) in [6.45, 7) is 4.86. The summed E-state index contributed by atoms with van der Waals surface area (Å²) in [5.41, 5.74) is 0. The zero-order chi connectivity index (χ0) is 15.1. The highest BCUT2D eigenvalue weighted by Gasteiger charge is 2.20. The molecule has 1 fully saturated rings. The van der Waals surface area contributed by atoms with Crippen LogP contribution in [0.25, 0.3) is 0 Å². The number of aromatic nitrogens is 2. The van der Waals surface area contributed by atoms with Crippen LogP contribution in [-0.2, 0) is 16.6 Å². The maximum Gasteiger partial charge on any atom is 0.243 e. The van der Waals surface area contributed by atoms with Gasteiger partial charge in [-0.1, -0.05) is 6.92 Å². The average Bonchev–Trinajstić information content (AvgIpc) is 2.96. The molecule has 0 radical (unpaired) electrons. The Morgan fingerprint density at radius 3 is 3.05 bits per heavy atom. The summed E-state index contributed by atoms with van der Waals surface area (Å²) in [4.78, 5) is 0.243. The number of thioether (sulfide) groups is 2. The van der Waals surface area contributed by atoms with Crippen molar-refractivity contribution in [2.45, 2.75) is 23.6 Å². The number of hydrogen-bond donors (Lipinski definition) is 2. The maximum absolute atomic E-state index is 12.2. The van der Waals surface area contributed by atoms with Gasteiger partial charge in [-0.25, -0.2) is 13.1 Å². The van der Waals surface area contributed by atoms with E-state index in [9.17, 15) is 8.42 Å². The molecular weight excluding hydrogens is 328 g/mol. The Morgan fingerprint density at radius 2 is 2.33 bits per heavy atom. The fourth-order valence-electron chi connectivity index (χ4n) is 1.92. The lowest BCUT2D eigenvalue weighted by Gasteiger charge is -2.20. The fraction of sp³-hybridized carbons (Fsp3) is 0.750. The first kappa shape index (κ1) is 17.1. The van der Waals surface area contributed by atoms with Gasteiger partial charge in [-0.05, 0) is 6.54 Å². The Kier molecular flexibility index (Phi) is 6.87. The van der Waals surface area contributed by atoms with Gasteiger partial charge in [0.05, 0.1) is 12.7 Å². The third kappa shape index (κ3) is 5.48. The number of sulfonamides is 1. The standard InChI is InChI=1S/C12H22N4O2S3/c1-2-13-3-4-16-9-12(8-14-16)21(17,18)15-7-11-10-19-5-6-20-11/h8-9,11,13,15H,2-7,10H2,1H3. The van der Waals surface area contributed by atoms with Crippen LogP contribution < -0.4 is 10.0 Å². The molecule has 2 N–H and O–H groups in total. The van der Waals surface area contributed by atoms with Gasteiger partial charge >= 0.3 is 0 Å². The predicted molar refractivity (Wildman–Crippen MR) is 89.5 cm³/mol. The van der Waals surface area contributed by atoms with E-state index in [1.165, 1.54) is 6.20 Å². The highest BCUT2D eigenvalue weighted by Crippen LogP contribution is 2.23. The van der Waals surface area contributed by atoms with Crippen LogP contribution in [0.2, 0.25) is 0 Å². The molecule has 0 bridgehead atoms. The van der Waals surface area contributed by atoms with E-state index in [0.717, 1.165) is 30.3 Å². The van der Waals surface area contributed by atoms with Crippen LogP contribution in [0, 0.1) is 0 Å². The van der Waals surface area contributed by atoms with Crippen molar-refractivity contribution >= 4 is 33.5 Å². The molecule has 1 atom stereocenters. The van der Waals surface area contributed by atoms with E-state index < -0.39 is 10.0 Å². The van der Waals surface area contributed by atoms with E-state index in [-0.39, 0.29) is 4.90 Å². The Hall–Kier alpha value is -0.220. The van der Waals surface area contributed by atoms with Gasteiger partial charge in [0.2, 0.25) is 10.0 Å². The third-order valence-corrected chi connectivity index (χ3v) is 7.30. The summed E-state index contributed by atoms with van der Waals surface area (Å²) in [6, 6.07) is 0. The van der Waals surface area contributed by atoms with Crippen LogP contribution in [0.3, 0.4) is 0 Å². The number of nitrogens with zero attached hydrogens (tertiary/aromatic N) is 2. The summed E-state index contributed by atoms with van der Waals surface area (Å²) < 4.78 is 28.8. The number of nitrogens with one attached hydrogen (secondary N) is 2.